The minimum Gasteiger partial charge on any atom is -0.310 e. The van der Waals surface area contributed by atoms with Crippen molar-refractivity contribution in [3.05, 3.63) is 206 Å². The fraction of sp³-hybridized carbons (Fsp3) is 0. The molecule has 0 N–H and O–H groups in total. The van der Waals surface area contributed by atoms with E-state index >= 15 is 0 Å². The van der Waals surface area contributed by atoms with Gasteiger partial charge in [0.25, 0.3) is 0 Å². The van der Waals surface area contributed by atoms with Crippen LogP contribution >= 0.6 is 0 Å². The highest BCUT2D eigenvalue weighted by atomic mass is 15.1. The van der Waals surface area contributed by atoms with Crippen LogP contribution in [0.4, 0.5) is 17.1 Å². The van der Waals surface area contributed by atoms with Crippen molar-refractivity contribution < 1.29 is 0 Å². The van der Waals surface area contributed by atoms with Gasteiger partial charge in [0.2, 0.25) is 0 Å². The van der Waals surface area contributed by atoms with Gasteiger partial charge in [0.05, 0.1) is 11.0 Å². The Bertz CT molecular complexity index is 2570. The molecule has 1 heterocycles. The van der Waals surface area contributed by atoms with E-state index in [1.807, 2.05) is 0 Å². The summed E-state index contributed by atoms with van der Waals surface area (Å²) in [6, 6.07) is 74.0. The van der Waals surface area contributed by atoms with Gasteiger partial charge in [-0.1, -0.05) is 140 Å². The van der Waals surface area contributed by atoms with E-state index in [-0.39, 0.29) is 0 Å². The highest BCUT2D eigenvalue weighted by Gasteiger charge is 2.16. The molecule has 9 aromatic rings. The summed E-state index contributed by atoms with van der Waals surface area (Å²) in [4.78, 5) is 2.33. The molecule has 0 aliphatic carbocycles. The van der Waals surface area contributed by atoms with Crippen LogP contribution in [0.5, 0.6) is 0 Å². The maximum absolute atomic E-state index is 2.40. The summed E-state index contributed by atoms with van der Waals surface area (Å²) in [5.41, 5.74) is 14.1. The van der Waals surface area contributed by atoms with Crippen molar-refractivity contribution in [3.63, 3.8) is 0 Å². The van der Waals surface area contributed by atoms with Gasteiger partial charge in [0.1, 0.15) is 0 Å². The van der Waals surface area contributed by atoms with Crippen LogP contribution in [0.25, 0.3) is 60.9 Å². The van der Waals surface area contributed by atoms with Gasteiger partial charge in [-0.05, 0) is 100 Å². The Balaban J connectivity index is 1.13. The molecule has 2 heteroatoms. The molecule has 0 fully saturated rings. The number of fused-ring (bicyclic) bond motifs is 3. The Morgan fingerprint density at radius 1 is 0.280 bits per heavy atom. The zero-order valence-electron chi connectivity index (χ0n) is 27.5. The van der Waals surface area contributed by atoms with Gasteiger partial charge < -0.3 is 9.47 Å². The Morgan fingerprint density at radius 3 is 1.50 bits per heavy atom. The Hall–Kier alpha value is -6.64. The summed E-state index contributed by atoms with van der Waals surface area (Å²) >= 11 is 0. The van der Waals surface area contributed by atoms with Gasteiger partial charge in [0, 0.05) is 33.5 Å². The van der Waals surface area contributed by atoms with Crippen molar-refractivity contribution in [1.29, 1.82) is 0 Å². The van der Waals surface area contributed by atoms with Crippen LogP contribution < -0.4 is 4.90 Å². The Morgan fingerprint density at radius 2 is 0.760 bits per heavy atom. The molecule has 2 nitrogen and oxygen atoms in total. The fourth-order valence-electron chi connectivity index (χ4n) is 7.17. The van der Waals surface area contributed by atoms with E-state index in [1.54, 1.807) is 0 Å². The van der Waals surface area contributed by atoms with Crippen LogP contribution in [-0.2, 0) is 0 Å². The first-order valence-electron chi connectivity index (χ1n) is 17.1. The fourth-order valence-corrected chi connectivity index (χ4v) is 7.17. The van der Waals surface area contributed by atoms with E-state index in [4.69, 9.17) is 0 Å². The third kappa shape index (κ3) is 5.43. The van der Waals surface area contributed by atoms with Gasteiger partial charge in [0.15, 0.2) is 0 Å². The monoisotopic (exact) mass is 638 g/mol. The average Bonchev–Trinajstić information content (AvgIpc) is 3.53. The second-order valence-electron chi connectivity index (χ2n) is 12.6. The minimum absolute atomic E-state index is 1.11. The molecule has 0 atom stereocenters. The lowest BCUT2D eigenvalue weighted by molar-refractivity contribution is 1.18. The zero-order valence-corrected chi connectivity index (χ0v) is 27.5. The summed E-state index contributed by atoms with van der Waals surface area (Å²) < 4.78 is 2.40. The normalized spacial score (nSPS) is 11.2. The number of anilines is 3. The number of hydrogen-bond donors (Lipinski definition) is 0. The van der Waals surface area contributed by atoms with Gasteiger partial charge in [-0.2, -0.15) is 0 Å². The summed E-state index contributed by atoms with van der Waals surface area (Å²) in [5, 5.41) is 2.51. The number of hydrogen-bond acceptors (Lipinski definition) is 1. The molecule has 0 spiro atoms. The van der Waals surface area contributed by atoms with E-state index in [2.05, 4.69) is 216 Å². The minimum atomic E-state index is 1.11. The molecule has 0 aliphatic heterocycles. The maximum atomic E-state index is 2.40. The van der Waals surface area contributed by atoms with Crippen molar-refractivity contribution in [3.8, 4) is 39.1 Å². The molecule has 0 bridgehead atoms. The van der Waals surface area contributed by atoms with Crippen LogP contribution in [-0.4, -0.2) is 4.57 Å². The lowest BCUT2D eigenvalue weighted by atomic mass is 10.0. The molecule has 0 saturated carbocycles. The van der Waals surface area contributed by atoms with Crippen LogP contribution in [0.3, 0.4) is 0 Å². The maximum Gasteiger partial charge on any atom is 0.0541 e. The predicted octanol–water partition coefficient (Wildman–Crippen LogP) is 13.3. The van der Waals surface area contributed by atoms with E-state index in [0.717, 1.165) is 22.7 Å². The molecule has 0 saturated heterocycles. The second-order valence-corrected chi connectivity index (χ2v) is 12.6. The van der Waals surface area contributed by atoms with Crippen LogP contribution in [0.1, 0.15) is 0 Å². The van der Waals surface area contributed by atoms with E-state index < -0.39 is 0 Å². The Kier molecular flexibility index (Phi) is 7.53. The quantitative estimate of drug-likeness (QED) is 0.169. The number of rotatable bonds is 7. The van der Waals surface area contributed by atoms with Crippen molar-refractivity contribution in [2.75, 3.05) is 4.90 Å². The summed E-state index contributed by atoms with van der Waals surface area (Å²) in [6.45, 7) is 0. The third-order valence-electron chi connectivity index (χ3n) is 9.57. The first-order valence-corrected chi connectivity index (χ1v) is 17.1. The molecule has 0 unspecified atom stereocenters. The zero-order chi connectivity index (χ0) is 33.3. The molecular formula is C48H34N2. The highest BCUT2D eigenvalue weighted by Crippen LogP contribution is 2.39. The Labute approximate surface area is 292 Å². The van der Waals surface area contributed by atoms with Gasteiger partial charge in [-0.3, -0.25) is 0 Å². The smallest absolute Gasteiger partial charge is 0.0541 e. The molecule has 0 aliphatic rings. The number of para-hydroxylation sites is 2. The van der Waals surface area contributed by atoms with Crippen LogP contribution in [0, 0.1) is 0 Å². The standard InChI is InChI=1S/C48H34N2/c1-4-14-35(15-5-1)37-26-29-42(30-27-37)49(41-20-8-3-9-21-41)43-22-12-18-38(32-43)39-19-13-23-44(33-39)50-47-25-11-10-24-45(47)46-34-40(28-31-48(46)50)36-16-6-2-7-17-36/h1-34H. The number of nitrogens with zero attached hydrogens (tertiary/aromatic N) is 2. The molecule has 1 aromatic heterocycles. The number of benzene rings is 8. The SMILES string of the molecule is c1ccc(-c2ccc(N(c3ccccc3)c3cccc(-c4cccc(-n5c6ccccc6c6cc(-c7ccccc7)ccc65)c4)c3)cc2)cc1. The van der Waals surface area contributed by atoms with Crippen LogP contribution in [0.2, 0.25) is 0 Å². The summed E-state index contributed by atoms with van der Waals surface area (Å²) in [5.74, 6) is 0. The second kappa shape index (κ2) is 12.8. The van der Waals surface area contributed by atoms with E-state index in [9.17, 15) is 0 Å². The first kappa shape index (κ1) is 29.5. The van der Waals surface area contributed by atoms with Crippen molar-refractivity contribution in [2.45, 2.75) is 0 Å². The van der Waals surface area contributed by atoms with Crippen molar-refractivity contribution >= 4 is 38.9 Å². The molecule has 9 rings (SSSR count). The van der Waals surface area contributed by atoms with Gasteiger partial charge in [-0.15, -0.1) is 0 Å². The molecule has 0 amide bonds. The summed E-state index contributed by atoms with van der Waals surface area (Å²) in [6.07, 6.45) is 0. The largest absolute Gasteiger partial charge is 0.310 e. The molecule has 0 radical (unpaired) electrons. The predicted molar refractivity (Wildman–Crippen MR) is 212 cm³/mol. The molecule has 50 heavy (non-hydrogen) atoms. The number of aromatic nitrogens is 1. The third-order valence-corrected chi connectivity index (χ3v) is 9.57. The van der Waals surface area contributed by atoms with Crippen LogP contribution in [0.15, 0.2) is 206 Å². The van der Waals surface area contributed by atoms with Gasteiger partial charge >= 0.3 is 0 Å². The summed E-state index contributed by atoms with van der Waals surface area (Å²) in [7, 11) is 0. The van der Waals surface area contributed by atoms with Crippen molar-refractivity contribution in [1.82, 2.24) is 4.57 Å². The van der Waals surface area contributed by atoms with Gasteiger partial charge in [-0.25, -0.2) is 0 Å². The van der Waals surface area contributed by atoms with Crippen molar-refractivity contribution in [2.24, 2.45) is 0 Å². The first-order chi connectivity index (χ1) is 24.8. The average molecular weight is 639 g/mol. The van der Waals surface area contributed by atoms with E-state index in [1.165, 1.54) is 55.2 Å². The lowest BCUT2D eigenvalue weighted by Crippen LogP contribution is -2.09. The van der Waals surface area contributed by atoms with E-state index in [0.29, 0.717) is 0 Å². The molecule has 8 aromatic carbocycles. The lowest BCUT2D eigenvalue weighted by Gasteiger charge is -2.26. The highest BCUT2D eigenvalue weighted by molar-refractivity contribution is 6.10. The molecular weight excluding hydrogens is 605 g/mol. The topological polar surface area (TPSA) is 8.17 Å². The molecule has 236 valence electrons.